The van der Waals surface area contributed by atoms with Gasteiger partial charge in [-0.1, -0.05) is 32.8 Å². The Kier molecular flexibility index (Phi) is 4.94. The average molecular weight is 310 g/mol. The Morgan fingerprint density at radius 3 is 2.62 bits per heavy atom. The quantitative estimate of drug-likeness (QED) is 0.896. The molecule has 1 saturated carbocycles. The highest BCUT2D eigenvalue weighted by atomic mass is 32.2. The van der Waals surface area contributed by atoms with Gasteiger partial charge in [0, 0.05) is 11.7 Å². The molecule has 5 heteroatoms. The Morgan fingerprint density at radius 1 is 1.29 bits per heavy atom. The van der Waals surface area contributed by atoms with Gasteiger partial charge in [0.15, 0.2) is 0 Å². The molecule has 0 saturated heterocycles. The molecule has 3 N–H and O–H groups in total. The molecule has 1 aromatic carbocycles. The van der Waals surface area contributed by atoms with Crippen LogP contribution in [0.1, 0.15) is 45.1 Å². The second-order valence-electron chi connectivity index (χ2n) is 6.49. The molecule has 0 aromatic heterocycles. The molecule has 2 unspecified atom stereocenters. The number of benzene rings is 1. The third kappa shape index (κ3) is 3.98. The molecule has 0 aliphatic heterocycles. The predicted molar refractivity (Wildman–Crippen MR) is 86.8 cm³/mol. The molecule has 4 nitrogen and oxygen atoms in total. The van der Waals surface area contributed by atoms with Crippen molar-refractivity contribution in [2.45, 2.75) is 57.4 Å². The van der Waals surface area contributed by atoms with Crippen LogP contribution in [0.2, 0.25) is 0 Å². The molecule has 21 heavy (non-hydrogen) atoms. The highest BCUT2D eigenvalue weighted by Gasteiger charge is 2.24. The van der Waals surface area contributed by atoms with Gasteiger partial charge in [0.1, 0.15) is 0 Å². The normalized spacial score (nSPS) is 23.3. The second kappa shape index (κ2) is 6.36. The van der Waals surface area contributed by atoms with Crippen molar-refractivity contribution in [1.82, 2.24) is 0 Å². The first-order chi connectivity index (χ1) is 9.79. The van der Waals surface area contributed by atoms with Crippen molar-refractivity contribution in [3.8, 4) is 0 Å². The number of anilines is 1. The highest BCUT2D eigenvalue weighted by molar-refractivity contribution is 7.89. The lowest BCUT2D eigenvalue weighted by molar-refractivity contribution is 0.264. The van der Waals surface area contributed by atoms with Crippen LogP contribution in [0.4, 0.5) is 5.69 Å². The maximum Gasteiger partial charge on any atom is 0.238 e. The summed E-state index contributed by atoms with van der Waals surface area (Å²) in [6.07, 6.45) is 4.82. The molecule has 0 heterocycles. The first-order valence-electron chi connectivity index (χ1n) is 7.68. The van der Waals surface area contributed by atoms with E-state index in [-0.39, 0.29) is 4.90 Å². The fourth-order valence-corrected chi connectivity index (χ4v) is 4.07. The lowest BCUT2D eigenvalue weighted by Crippen LogP contribution is -2.30. The maximum absolute atomic E-state index is 11.6. The van der Waals surface area contributed by atoms with Crippen LogP contribution in [0.3, 0.4) is 0 Å². The van der Waals surface area contributed by atoms with Gasteiger partial charge in [0.05, 0.1) is 4.90 Å². The molecule has 2 rings (SSSR count). The van der Waals surface area contributed by atoms with Crippen LogP contribution >= 0.6 is 0 Å². The van der Waals surface area contributed by atoms with Crippen molar-refractivity contribution in [2.75, 3.05) is 5.32 Å². The van der Waals surface area contributed by atoms with Gasteiger partial charge in [-0.05, 0) is 49.3 Å². The first kappa shape index (κ1) is 16.3. The van der Waals surface area contributed by atoms with E-state index in [1.165, 1.54) is 12.8 Å². The van der Waals surface area contributed by atoms with Gasteiger partial charge in [-0.2, -0.15) is 0 Å². The summed E-state index contributed by atoms with van der Waals surface area (Å²) >= 11 is 0. The fourth-order valence-electron chi connectivity index (χ4n) is 3.26. The van der Waals surface area contributed by atoms with E-state index in [9.17, 15) is 8.42 Å². The van der Waals surface area contributed by atoms with Gasteiger partial charge in [-0.25, -0.2) is 13.6 Å². The summed E-state index contributed by atoms with van der Waals surface area (Å²) in [7, 11) is -3.66. The van der Waals surface area contributed by atoms with Crippen LogP contribution in [-0.4, -0.2) is 14.5 Å². The van der Waals surface area contributed by atoms with Gasteiger partial charge in [-0.15, -0.1) is 0 Å². The molecule has 1 aromatic rings. The number of hydrogen-bond donors (Lipinski definition) is 2. The highest BCUT2D eigenvalue weighted by Crippen LogP contribution is 2.32. The third-order valence-electron chi connectivity index (χ3n) is 4.61. The van der Waals surface area contributed by atoms with Crippen molar-refractivity contribution >= 4 is 15.7 Å². The number of rotatable bonds is 4. The second-order valence-corrected chi connectivity index (χ2v) is 8.02. The Hall–Kier alpha value is -1.07. The van der Waals surface area contributed by atoms with Gasteiger partial charge in [0.25, 0.3) is 0 Å². The summed E-state index contributed by atoms with van der Waals surface area (Å²) in [6, 6.07) is 5.66. The lowest BCUT2D eigenvalue weighted by atomic mass is 9.79. The molecule has 0 amide bonds. The minimum Gasteiger partial charge on any atom is -0.382 e. The summed E-state index contributed by atoms with van der Waals surface area (Å²) in [4.78, 5) is 0.212. The number of nitrogens with two attached hydrogens (primary N) is 1. The number of nitrogens with one attached hydrogen (secondary N) is 1. The molecule has 1 aliphatic carbocycles. The smallest absolute Gasteiger partial charge is 0.238 e. The number of hydrogen-bond acceptors (Lipinski definition) is 3. The van der Waals surface area contributed by atoms with E-state index in [2.05, 4.69) is 19.2 Å². The van der Waals surface area contributed by atoms with Crippen LogP contribution < -0.4 is 10.5 Å². The van der Waals surface area contributed by atoms with E-state index in [1.54, 1.807) is 12.1 Å². The van der Waals surface area contributed by atoms with Crippen molar-refractivity contribution in [1.29, 1.82) is 0 Å². The summed E-state index contributed by atoms with van der Waals surface area (Å²) in [5.41, 5.74) is 1.60. The molecular weight excluding hydrogens is 284 g/mol. The Labute approximate surface area is 128 Å². The van der Waals surface area contributed by atoms with E-state index in [4.69, 9.17) is 5.14 Å². The summed E-state index contributed by atoms with van der Waals surface area (Å²) in [6.45, 7) is 6.37. The maximum atomic E-state index is 11.6. The zero-order valence-electron chi connectivity index (χ0n) is 13.1. The van der Waals surface area contributed by atoms with Gasteiger partial charge in [0.2, 0.25) is 10.0 Å². The van der Waals surface area contributed by atoms with Gasteiger partial charge >= 0.3 is 0 Å². The molecule has 1 fully saturated rings. The summed E-state index contributed by atoms with van der Waals surface area (Å²) in [5, 5.41) is 8.79. The first-order valence-corrected chi connectivity index (χ1v) is 9.22. The van der Waals surface area contributed by atoms with Crippen molar-refractivity contribution in [3.05, 3.63) is 23.8 Å². The molecule has 1 aliphatic rings. The van der Waals surface area contributed by atoms with Crippen LogP contribution in [0.15, 0.2) is 23.1 Å². The van der Waals surface area contributed by atoms with Crippen LogP contribution in [-0.2, 0) is 10.0 Å². The minimum atomic E-state index is -3.66. The van der Waals surface area contributed by atoms with Crippen molar-refractivity contribution in [3.63, 3.8) is 0 Å². The summed E-state index contributed by atoms with van der Waals surface area (Å²) < 4.78 is 23.2. The number of sulfonamides is 1. The third-order valence-corrected chi connectivity index (χ3v) is 5.66. The molecule has 118 valence electrons. The van der Waals surface area contributed by atoms with Gasteiger partial charge in [-0.3, -0.25) is 0 Å². The van der Waals surface area contributed by atoms with E-state index >= 15 is 0 Å². The number of primary sulfonamides is 1. The Bertz CT molecular complexity index is 596. The SMILES string of the molecule is Cc1c(NC2CCCC(C(C)C)C2)cccc1S(N)(=O)=O. The predicted octanol–water partition coefficient (Wildman–Crippen LogP) is 3.27. The van der Waals surface area contributed by atoms with E-state index < -0.39 is 10.0 Å². The van der Waals surface area contributed by atoms with E-state index in [0.29, 0.717) is 17.5 Å². The van der Waals surface area contributed by atoms with Crippen molar-refractivity contribution in [2.24, 2.45) is 17.0 Å². The van der Waals surface area contributed by atoms with E-state index in [1.807, 2.05) is 13.0 Å². The van der Waals surface area contributed by atoms with Crippen LogP contribution in [0, 0.1) is 18.8 Å². The van der Waals surface area contributed by atoms with Crippen LogP contribution in [0.25, 0.3) is 0 Å². The molecule has 2 atom stereocenters. The lowest BCUT2D eigenvalue weighted by Gasteiger charge is -2.33. The molecule has 0 radical (unpaired) electrons. The fraction of sp³-hybridized carbons (Fsp3) is 0.625. The Balaban J connectivity index is 2.17. The largest absolute Gasteiger partial charge is 0.382 e. The Morgan fingerprint density at radius 2 is 2.00 bits per heavy atom. The summed E-state index contributed by atoms with van der Waals surface area (Å²) in [5.74, 6) is 1.45. The zero-order valence-corrected chi connectivity index (χ0v) is 13.9. The monoisotopic (exact) mass is 310 g/mol. The zero-order chi connectivity index (χ0) is 15.6. The minimum absolute atomic E-state index is 0.212. The van der Waals surface area contributed by atoms with E-state index in [0.717, 1.165) is 24.4 Å². The molecule has 0 bridgehead atoms. The standard InChI is InChI=1S/C16H26N2O2S/c1-11(2)13-6-4-7-14(10-13)18-15-8-5-9-16(12(15)3)21(17,19)20/h5,8-9,11,13-14,18H,4,6-7,10H2,1-3H3,(H2,17,19,20). The average Bonchev–Trinajstić information content (AvgIpc) is 2.40. The molecular formula is C16H26N2O2S. The topological polar surface area (TPSA) is 72.2 Å². The van der Waals surface area contributed by atoms with Crippen molar-refractivity contribution < 1.29 is 8.42 Å². The van der Waals surface area contributed by atoms with Gasteiger partial charge < -0.3 is 5.32 Å². The van der Waals surface area contributed by atoms with Crippen LogP contribution in [0.5, 0.6) is 0 Å². The molecule has 0 spiro atoms.